The molecule has 2 rings (SSSR count). The maximum absolute atomic E-state index is 11.6. The molecule has 0 aromatic heterocycles. The second kappa shape index (κ2) is 3.12. The van der Waals surface area contributed by atoms with E-state index in [4.69, 9.17) is 0 Å². The zero-order chi connectivity index (χ0) is 10.3. The summed E-state index contributed by atoms with van der Waals surface area (Å²) in [6.07, 6.45) is 0.599. The van der Waals surface area contributed by atoms with Gasteiger partial charge in [0.25, 0.3) is 0 Å². The summed E-state index contributed by atoms with van der Waals surface area (Å²) in [5.74, 6) is 0.373. The molecule has 2 amide bonds. The highest BCUT2D eigenvalue weighted by Crippen LogP contribution is 2.21. The molecule has 6 heteroatoms. The van der Waals surface area contributed by atoms with Crippen LogP contribution in [0.25, 0.3) is 0 Å². The van der Waals surface area contributed by atoms with E-state index >= 15 is 0 Å². The molecule has 0 saturated carbocycles. The number of urea groups is 1. The van der Waals surface area contributed by atoms with Crippen LogP contribution < -0.4 is 0 Å². The monoisotopic (exact) mass is 218 g/mol. The van der Waals surface area contributed by atoms with Crippen LogP contribution in [0, 0.1) is 0 Å². The number of rotatable bonds is 1. The number of hydrogen-bond donors (Lipinski definition) is 0. The van der Waals surface area contributed by atoms with Gasteiger partial charge in [-0.05, 0) is 6.42 Å². The van der Waals surface area contributed by atoms with Crippen LogP contribution in [0.5, 0.6) is 0 Å². The molecule has 1 unspecified atom stereocenters. The Labute approximate surface area is 83.6 Å². The van der Waals surface area contributed by atoms with Gasteiger partial charge in [0.1, 0.15) is 0 Å². The van der Waals surface area contributed by atoms with Crippen LogP contribution in [-0.2, 0) is 9.84 Å². The quantitative estimate of drug-likeness (QED) is 0.598. The van der Waals surface area contributed by atoms with Crippen molar-refractivity contribution in [2.45, 2.75) is 12.5 Å². The number of nitrogens with zero attached hydrogens (tertiary/aromatic N) is 2. The molecular formula is C8H14N2O3S. The van der Waals surface area contributed by atoms with Crippen molar-refractivity contribution < 1.29 is 13.2 Å². The molecule has 2 saturated heterocycles. The van der Waals surface area contributed by atoms with E-state index in [-0.39, 0.29) is 23.6 Å². The molecule has 5 nitrogen and oxygen atoms in total. The fourth-order valence-corrected chi connectivity index (χ4v) is 3.76. The second-order valence-corrected chi connectivity index (χ2v) is 6.18. The van der Waals surface area contributed by atoms with Gasteiger partial charge in [-0.15, -0.1) is 0 Å². The van der Waals surface area contributed by atoms with Crippen LogP contribution >= 0.6 is 0 Å². The zero-order valence-corrected chi connectivity index (χ0v) is 8.96. The standard InChI is InChI=1S/C8H14N2O3S/c1-9-3-4-10(8(9)11)7-2-5-14(12,13)6-7/h7H,2-6H2,1H3. The summed E-state index contributed by atoms with van der Waals surface area (Å²) in [5, 5.41) is 0. The lowest BCUT2D eigenvalue weighted by molar-refractivity contribution is 0.186. The third-order valence-corrected chi connectivity index (χ3v) is 4.65. The van der Waals surface area contributed by atoms with Gasteiger partial charge in [-0.3, -0.25) is 0 Å². The van der Waals surface area contributed by atoms with Crippen molar-refractivity contribution in [3.8, 4) is 0 Å². The molecule has 2 heterocycles. The van der Waals surface area contributed by atoms with Crippen LogP contribution in [-0.4, -0.2) is 61.9 Å². The fourth-order valence-electron chi connectivity index (χ4n) is 2.03. The third kappa shape index (κ3) is 1.58. The van der Waals surface area contributed by atoms with Gasteiger partial charge in [0.15, 0.2) is 9.84 Å². The molecule has 0 radical (unpaired) electrons. The molecule has 0 N–H and O–H groups in total. The van der Waals surface area contributed by atoms with Gasteiger partial charge >= 0.3 is 6.03 Å². The van der Waals surface area contributed by atoms with Crippen molar-refractivity contribution in [2.75, 3.05) is 31.6 Å². The number of carbonyl (C=O) groups excluding carboxylic acids is 1. The summed E-state index contributed by atoms with van der Waals surface area (Å²) in [4.78, 5) is 14.9. The Morgan fingerprint density at radius 3 is 2.50 bits per heavy atom. The van der Waals surface area contributed by atoms with Gasteiger partial charge in [-0.1, -0.05) is 0 Å². The summed E-state index contributed by atoms with van der Waals surface area (Å²) in [7, 11) is -1.14. The lowest BCUT2D eigenvalue weighted by Gasteiger charge is -2.21. The summed E-state index contributed by atoms with van der Waals surface area (Å²) in [6.45, 7) is 1.37. The van der Waals surface area contributed by atoms with Gasteiger partial charge < -0.3 is 9.80 Å². The SMILES string of the molecule is CN1CCN(C2CCS(=O)(=O)C2)C1=O. The smallest absolute Gasteiger partial charge is 0.320 e. The minimum atomic E-state index is -2.89. The predicted octanol–water partition coefficient (Wildman–Crippen LogP) is -0.459. The van der Waals surface area contributed by atoms with Gasteiger partial charge in [0.2, 0.25) is 0 Å². The van der Waals surface area contributed by atoms with Gasteiger partial charge in [0, 0.05) is 26.2 Å². The molecule has 0 aromatic carbocycles. The van der Waals surface area contributed by atoms with Crippen LogP contribution in [0.2, 0.25) is 0 Å². The Balaban J connectivity index is 2.08. The predicted molar refractivity (Wildman–Crippen MR) is 51.8 cm³/mol. The molecule has 1 atom stereocenters. The van der Waals surface area contributed by atoms with Crippen LogP contribution in [0.15, 0.2) is 0 Å². The van der Waals surface area contributed by atoms with Gasteiger partial charge in [-0.25, -0.2) is 13.2 Å². The van der Waals surface area contributed by atoms with Gasteiger partial charge in [-0.2, -0.15) is 0 Å². The molecule has 0 bridgehead atoms. The van der Waals surface area contributed by atoms with Crippen LogP contribution in [0.4, 0.5) is 4.79 Å². The van der Waals surface area contributed by atoms with Crippen molar-refractivity contribution in [1.29, 1.82) is 0 Å². The average molecular weight is 218 g/mol. The molecule has 2 aliphatic heterocycles. The maximum Gasteiger partial charge on any atom is 0.320 e. The average Bonchev–Trinajstić information content (AvgIpc) is 2.59. The highest BCUT2D eigenvalue weighted by Gasteiger charge is 2.38. The first-order valence-electron chi connectivity index (χ1n) is 4.72. The lowest BCUT2D eigenvalue weighted by Crippen LogP contribution is -2.39. The first-order valence-corrected chi connectivity index (χ1v) is 6.54. The van der Waals surface area contributed by atoms with Gasteiger partial charge in [0.05, 0.1) is 11.5 Å². The Kier molecular flexibility index (Phi) is 2.17. The molecule has 0 spiro atoms. The van der Waals surface area contributed by atoms with Crippen molar-refractivity contribution >= 4 is 15.9 Å². The highest BCUT2D eigenvalue weighted by atomic mass is 32.2. The minimum Gasteiger partial charge on any atom is -0.326 e. The highest BCUT2D eigenvalue weighted by molar-refractivity contribution is 7.91. The second-order valence-electron chi connectivity index (χ2n) is 3.95. The van der Waals surface area contributed by atoms with E-state index in [1.807, 2.05) is 0 Å². The summed E-state index contributed by atoms with van der Waals surface area (Å²) in [6, 6.07) is -0.121. The van der Waals surface area contributed by atoms with E-state index in [1.54, 1.807) is 16.8 Å². The minimum absolute atomic E-state index is 0.0351. The molecule has 2 aliphatic rings. The topological polar surface area (TPSA) is 57.7 Å². The maximum atomic E-state index is 11.6. The molecule has 14 heavy (non-hydrogen) atoms. The first kappa shape index (κ1) is 9.76. The first-order chi connectivity index (χ1) is 6.49. The number of sulfone groups is 1. The molecule has 0 aromatic rings. The summed E-state index contributed by atoms with van der Waals surface area (Å²) in [5.41, 5.74) is 0. The van der Waals surface area contributed by atoms with E-state index in [0.29, 0.717) is 19.5 Å². The number of carbonyl (C=O) groups is 1. The van der Waals surface area contributed by atoms with E-state index in [0.717, 1.165) is 0 Å². The fraction of sp³-hybridized carbons (Fsp3) is 0.875. The molecule has 0 aliphatic carbocycles. The Morgan fingerprint density at radius 2 is 2.07 bits per heavy atom. The normalized spacial score (nSPS) is 31.5. The van der Waals surface area contributed by atoms with Crippen molar-refractivity contribution in [3.63, 3.8) is 0 Å². The Morgan fingerprint density at radius 1 is 1.36 bits per heavy atom. The van der Waals surface area contributed by atoms with E-state index < -0.39 is 9.84 Å². The molecule has 2 fully saturated rings. The Bertz CT molecular complexity index is 352. The van der Waals surface area contributed by atoms with E-state index in [2.05, 4.69) is 0 Å². The van der Waals surface area contributed by atoms with Crippen LogP contribution in [0.3, 0.4) is 0 Å². The van der Waals surface area contributed by atoms with E-state index in [1.165, 1.54) is 0 Å². The lowest BCUT2D eigenvalue weighted by atomic mass is 10.2. The van der Waals surface area contributed by atoms with Crippen molar-refractivity contribution in [3.05, 3.63) is 0 Å². The number of amides is 2. The third-order valence-electron chi connectivity index (χ3n) is 2.90. The van der Waals surface area contributed by atoms with Crippen molar-refractivity contribution in [1.82, 2.24) is 9.80 Å². The largest absolute Gasteiger partial charge is 0.326 e. The molecule has 80 valence electrons. The molecular weight excluding hydrogens is 204 g/mol. The zero-order valence-electron chi connectivity index (χ0n) is 8.14. The van der Waals surface area contributed by atoms with Crippen molar-refractivity contribution in [2.24, 2.45) is 0 Å². The van der Waals surface area contributed by atoms with Crippen LogP contribution in [0.1, 0.15) is 6.42 Å². The van der Waals surface area contributed by atoms with E-state index in [9.17, 15) is 13.2 Å². The Hall–Kier alpha value is -0.780. The summed E-state index contributed by atoms with van der Waals surface area (Å²) >= 11 is 0. The summed E-state index contributed by atoms with van der Waals surface area (Å²) < 4.78 is 22.5. The number of likely N-dealkylation sites (N-methyl/N-ethyl adjacent to an activating group) is 1. The number of hydrogen-bond acceptors (Lipinski definition) is 3.